The fraction of sp³-hybridized carbons (Fsp3) is 0.0952. The van der Waals surface area contributed by atoms with E-state index in [0.717, 1.165) is 17.7 Å². The van der Waals surface area contributed by atoms with Gasteiger partial charge in [-0.3, -0.25) is 4.79 Å². The Balaban J connectivity index is 1.53. The van der Waals surface area contributed by atoms with Crippen LogP contribution in [0.3, 0.4) is 0 Å². The van der Waals surface area contributed by atoms with Gasteiger partial charge in [0.25, 0.3) is 5.91 Å². The first kappa shape index (κ1) is 16.1. The highest BCUT2D eigenvalue weighted by molar-refractivity contribution is 6.09. The Bertz CT molecular complexity index is 953. The van der Waals surface area contributed by atoms with Crippen molar-refractivity contribution in [1.82, 2.24) is 0 Å². The van der Waals surface area contributed by atoms with Gasteiger partial charge in [0.05, 0.1) is 11.4 Å². The number of benzene rings is 3. The van der Waals surface area contributed by atoms with E-state index < -0.39 is 0 Å². The zero-order chi connectivity index (χ0) is 18.1. The van der Waals surface area contributed by atoms with Crippen molar-refractivity contribution < 1.29 is 13.9 Å². The number of hydrogen-bond acceptors (Lipinski definition) is 3. The number of nitrogens with zero attached hydrogens (tertiary/aromatic N) is 1. The molecular formula is C21H17FN2O2. The van der Waals surface area contributed by atoms with Crippen LogP contribution >= 0.6 is 0 Å². The molecule has 4 nitrogen and oxygen atoms in total. The molecule has 3 aromatic rings. The van der Waals surface area contributed by atoms with Crippen LogP contribution in [0.1, 0.15) is 15.9 Å². The Morgan fingerprint density at radius 3 is 2.31 bits per heavy atom. The monoisotopic (exact) mass is 348 g/mol. The van der Waals surface area contributed by atoms with Gasteiger partial charge in [0.2, 0.25) is 0 Å². The van der Waals surface area contributed by atoms with E-state index in [1.54, 1.807) is 41.3 Å². The topological polar surface area (TPSA) is 55.6 Å². The average Bonchev–Trinajstić information content (AvgIpc) is 3.09. The Morgan fingerprint density at radius 2 is 1.62 bits per heavy atom. The van der Waals surface area contributed by atoms with Crippen molar-refractivity contribution in [2.24, 2.45) is 0 Å². The normalized spacial score (nSPS) is 12.7. The number of nitrogens with two attached hydrogens (primary N) is 1. The number of halogens is 1. The number of rotatable bonds is 3. The van der Waals surface area contributed by atoms with Crippen LogP contribution in [0.4, 0.5) is 15.8 Å². The summed E-state index contributed by atoms with van der Waals surface area (Å²) in [7, 11) is 0. The van der Waals surface area contributed by atoms with Crippen LogP contribution in [0.2, 0.25) is 0 Å². The number of amides is 1. The summed E-state index contributed by atoms with van der Waals surface area (Å²) in [5.74, 6) is 0.708. The van der Waals surface area contributed by atoms with Crippen LogP contribution in [0, 0.1) is 5.82 Å². The molecule has 4 rings (SSSR count). The third kappa shape index (κ3) is 2.99. The molecule has 2 N–H and O–H groups in total. The van der Waals surface area contributed by atoms with Gasteiger partial charge in [-0.25, -0.2) is 4.39 Å². The number of anilines is 2. The van der Waals surface area contributed by atoms with Gasteiger partial charge in [0.15, 0.2) is 0 Å². The van der Waals surface area contributed by atoms with E-state index in [2.05, 4.69) is 0 Å². The number of para-hydroxylation sites is 1. The SMILES string of the molecule is Nc1cccc2c1N(C(=O)c1ccc(Oc3ccc(F)cc3)cc1)CC2. The Kier molecular flexibility index (Phi) is 4.05. The standard InChI is InChI=1S/C21H17FN2O2/c22-16-6-10-18(11-7-16)26-17-8-4-15(5-9-17)21(25)24-13-12-14-2-1-3-19(23)20(14)24/h1-11H,12-13,23H2. The summed E-state index contributed by atoms with van der Waals surface area (Å²) in [6.07, 6.45) is 0.803. The highest BCUT2D eigenvalue weighted by Crippen LogP contribution is 2.34. The molecule has 0 radical (unpaired) electrons. The second-order valence-corrected chi connectivity index (χ2v) is 6.14. The summed E-state index contributed by atoms with van der Waals surface area (Å²) in [6, 6.07) is 18.4. The van der Waals surface area contributed by atoms with Crippen molar-refractivity contribution in [2.45, 2.75) is 6.42 Å². The van der Waals surface area contributed by atoms with Crippen LogP contribution in [-0.2, 0) is 6.42 Å². The number of nitrogen functional groups attached to an aromatic ring is 1. The van der Waals surface area contributed by atoms with Crippen LogP contribution in [-0.4, -0.2) is 12.5 Å². The van der Waals surface area contributed by atoms with Gasteiger partial charge < -0.3 is 15.4 Å². The van der Waals surface area contributed by atoms with Crippen LogP contribution in [0.5, 0.6) is 11.5 Å². The number of hydrogen-bond donors (Lipinski definition) is 1. The summed E-state index contributed by atoms with van der Waals surface area (Å²) in [6.45, 7) is 0.621. The van der Waals surface area contributed by atoms with Crippen LogP contribution in [0.25, 0.3) is 0 Å². The zero-order valence-electron chi connectivity index (χ0n) is 14.0. The molecule has 0 unspecified atom stereocenters. The van der Waals surface area contributed by atoms with E-state index in [9.17, 15) is 9.18 Å². The quantitative estimate of drug-likeness (QED) is 0.714. The van der Waals surface area contributed by atoms with Gasteiger partial charge in [0, 0.05) is 12.1 Å². The average molecular weight is 348 g/mol. The molecule has 1 amide bonds. The summed E-state index contributed by atoms with van der Waals surface area (Å²) in [5.41, 5.74) is 9.14. The van der Waals surface area contributed by atoms with Crippen LogP contribution in [0.15, 0.2) is 66.7 Å². The molecule has 1 aliphatic rings. The minimum atomic E-state index is -0.316. The molecule has 0 spiro atoms. The highest BCUT2D eigenvalue weighted by atomic mass is 19.1. The largest absolute Gasteiger partial charge is 0.457 e. The smallest absolute Gasteiger partial charge is 0.258 e. The maximum absolute atomic E-state index is 12.9. The highest BCUT2D eigenvalue weighted by Gasteiger charge is 2.27. The van der Waals surface area contributed by atoms with Crippen molar-refractivity contribution in [3.05, 3.63) is 83.7 Å². The zero-order valence-corrected chi connectivity index (χ0v) is 14.0. The minimum absolute atomic E-state index is 0.0880. The lowest BCUT2D eigenvalue weighted by molar-refractivity contribution is 0.0989. The lowest BCUT2D eigenvalue weighted by Crippen LogP contribution is -2.29. The van der Waals surface area contributed by atoms with Gasteiger partial charge in [-0.1, -0.05) is 12.1 Å². The molecular weight excluding hydrogens is 331 g/mol. The Morgan fingerprint density at radius 1 is 0.962 bits per heavy atom. The summed E-state index contributed by atoms with van der Waals surface area (Å²) in [5, 5.41) is 0. The second kappa shape index (κ2) is 6.52. The van der Waals surface area contributed by atoms with E-state index in [1.165, 1.54) is 12.1 Å². The summed E-state index contributed by atoms with van der Waals surface area (Å²) in [4.78, 5) is 14.6. The Labute approximate surface area is 150 Å². The van der Waals surface area contributed by atoms with Crippen molar-refractivity contribution in [3.63, 3.8) is 0 Å². The molecule has 5 heteroatoms. The molecule has 0 aliphatic carbocycles. The molecule has 26 heavy (non-hydrogen) atoms. The van der Waals surface area contributed by atoms with Crippen molar-refractivity contribution in [2.75, 3.05) is 17.2 Å². The first-order valence-electron chi connectivity index (χ1n) is 8.34. The first-order valence-corrected chi connectivity index (χ1v) is 8.34. The predicted octanol–water partition coefficient (Wildman–Crippen LogP) is 4.40. The van der Waals surface area contributed by atoms with E-state index in [0.29, 0.717) is 29.3 Å². The fourth-order valence-electron chi connectivity index (χ4n) is 3.15. The third-order valence-corrected chi connectivity index (χ3v) is 4.42. The molecule has 0 aromatic heterocycles. The molecule has 0 atom stereocenters. The lowest BCUT2D eigenvalue weighted by atomic mass is 10.1. The van der Waals surface area contributed by atoms with E-state index in [4.69, 9.17) is 10.5 Å². The predicted molar refractivity (Wildman–Crippen MR) is 99.2 cm³/mol. The van der Waals surface area contributed by atoms with Gasteiger partial charge in [0.1, 0.15) is 17.3 Å². The molecule has 1 heterocycles. The van der Waals surface area contributed by atoms with Crippen molar-refractivity contribution in [3.8, 4) is 11.5 Å². The summed E-state index contributed by atoms with van der Waals surface area (Å²) < 4.78 is 18.6. The van der Waals surface area contributed by atoms with Gasteiger partial charge in [-0.2, -0.15) is 0 Å². The molecule has 1 aliphatic heterocycles. The number of carbonyl (C=O) groups excluding carboxylic acids is 1. The number of carbonyl (C=O) groups is 1. The second-order valence-electron chi connectivity index (χ2n) is 6.14. The Hall–Kier alpha value is -3.34. The minimum Gasteiger partial charge on any atom is -0.457 e. The maximum Gasteiger partial charge on any atom is 0.258 e. The lowest BCUT2D eigenvalue weighted by Gasteiger charge is -2.19. The number of fused-ring (bicyclic) bond motifs is 1. The van der Waals surface area contributed by atoms with Gasteiger partial charge in [-0.15, -0.1) is 0 Å². The van der Waals surface area contributed by atoms with E-state index in [1.807, 2.05) is 18.2 Å². The third-order valence-electron chi connectivity index (χ3n) is 4.42. The van der Waals surface area contributed by atoms with Gasteiger partial charge >= 0.3 is 0 Å². The molecule has 0 bridgehead atoms. The molecule has 0 saturated carbocycles. The van der Waals surface area contributed by atoms with Crippen molar-refractivity contribution in [1.29, 1.82) is 0 Å². The summed E-state index contributed by atoms with van der Waals surface area (Å²) >= 11 is 0. The first-order chi connectivity index (χ1) is 12.6. The van der Waals surface area contributed by atoms with E-state index in [-0.39, 0.29) is 11.7 Å². The molecule has 130 valence electrons. The van der Waals surface area contributed by atoms with Crippen LogP contribution < -0.4 is 15.4 Å². The van der Waals surface area contributed by atoms with Gasteiger partial charge in [-0.05, 0) is 66.6 Å². The van der Waals surface area contributed by atoms with E-state index >= 15 is 0 Å². The molecule has 3 aromatic carbocycles. The molecule has 0 saturated heterocycles. The van der Waals surface area contributed by atoms with Crippen molar-refractivity contribution >= 4 is 17.3 Å². The fourth-order valence-corrected chi connectivity index (χ4v) is 3.15. The number of ether oxygens (including phenoxy) is 1. The molecule has 0 fully saturated rings. The maximum atomic E-state index is 12.9.